The molecule has 0 fully saturated rings. The number of nitrogens with one attached hydrogen (secondary N) is 1. The number of rotatable bonds is 18. The van der Waals surface area contributed by atoms with E-state index in [2.05, 4.69) is 56.6 Å². The van der Waals surface area contributed by atoms with Crippen molar-refractivity contribution >= 4 is 46.2 Å². The lowest BCUT2D eigenvalue weighted by Gasteiger charge is -2.29. The molecular formula is C30H50N2O8S2. The first-order valence-electron chi connectivity index (χ1n) is 14.8. The van der Waals surface area contributed by atoms with E-state index in [1.807, 2.05) is 0 Å². The van der Waals surface area contributed by atoms with Crippen LogP contribution in [-0.4, -0.2) is 72.1 Å². The Balaban J connectivity index is 2.17. The summed E-state index contributed by atoms with van der Waals surface area (Å²) >= 11 is 0. The maximum absolute atomic E-state index is 12.2. The van der Waals surface area contributed by atoms with Gasteiger partial charge in [-0.2, -0.15) is 0 Å². The van der Waals surface area contributed by atoms with Crippen LogP contribution >= 0.6 is 21.6 Å². The van der Waals surface area contributed by atoms with Gasteiger partial charge in [0.1, 0.15) is 6.61 Å². The lowest BCUT2D eigenvalue weighted by Crippen LogP contribution is -2.32. The van der Waals surface area contributed by atoms with Gasteiger partial charge in [0.05, 0.1) is 12.2 Å². The van der Waals surface area contributed by atoms with Crippen molar-refractivity contribution in [3.63, 3.8) is 0 Å². The quantitative estimate of drug-likeness (QED) is 0.0447. The molecule has 0 aromatic heterocycles. The fraction of sp³-hybridized carbons (Fsp3) is 0.800. The number of hydrogen-bond donors (Lipinski definition) is 1. The van der Waals surface area contributed by atoms with Crippen LogP contribution in [0, 0.1) is 23.7 Å². The fourth-order valence-electron chi connectivity index (χ4n) is 4.05. The minimum Gasteiger partial charge on any atom is -0.449 e. The molecule has 1 aliphatic carbocycles. The summed E-state index contributed by atoms with van der Waals surface area (Å²) in [6.07, 6.45) is 5.53. The molecule has 0 bridgehead atoms. The van der Waals surface area contributed by atoms with Crippen LogP contribution in [0.25, 0.3) is 0 Å². The van der Waals surface area contributed by atoms with Crippen LogP contribution in [-0.2, 0) is 28.6 Å². The highest BCUT2D eigenvalue weighted by atomic mass is 33.1. The van der Waals surface area contributed by atoms with E-state index in [4.69, 9.17) is 14.2 Å². The Labute approximate surface area is 259 Å². The highest BCUT2D eigenvalue weighted by molar-refractivity contribution is 8.77. The number of hydroxylamine groups is 2. The molecular weight excluding hydrogens is 580 g/mol. The van der Waals surface area contributed by atoms with Gasteiger partial charge in [-0.3, -0.25) is 14.4 Å². The monoisotopic (exact) mass is 630 g/mol. The van der Waals surface area contributed by atoms with Crippen LogP contribution in [0.4, 0.5) is 9.59 Å². The molecule has 2 atom stereocenters. The van der Waals surface area contributed by atoms with Crippen molar-refractivity contribution in [1.82, 2.24) is 10.4 Å². The van der Waals surface area contributed by atoms with Gasteiger partial charge in [-0.05, 0) is 78.1 Å². The van der Waals surface area contributed by atoms with E-state index in [1.165, 1.54) is 0 Å². The molecule has 1 rings (SSSR count). The molecule has 10 nitrogen and oxygen atoms in total. The minimum absolute atomic E-state index is 0.0754. The Morgan fingerprint density at radius 2 is 1.76 bits per heavy atom. The summed E-state index contributed by atoms with van der Waals surface area (Å²) in [5.74, 6) is 7.14. The molecule has 12 heteroatoms. The van der Waals surface area contributed by atoms with Crippen molar-refractivity contribution < 1.29 is 38.2 Å². The van der Waals surface area contributed by atoms with E-state index in [0.29, 0.717) is 48.8 Å². The predicted molar refractivity (Wildman–Crippen MR) is 167 cm³/mol. The summed E-state index contributed by atoms with van der Waals surface area (Å²) in [5, 5.41) is 3.22. The summed E-state index contributed by atoms with van der Waals surface area (Å²) in [6, 6.07) is 0. The van der Waals surface area contributed by atoms with E-state index in [1.54, 1.807) is 28.5 Å². The van der Waals surface area contributed by atoms with Crippen molar-refractivity contribution in [3.05, 3.63) is 0 Å². The third kappa shape index (κ3) is 17.8. The normalized spacial score (nSPS) is 17.1. The Bertz CT molecular complexity index is 903. The molecule has 0 saturated heterocycles. The van der Waals surface area contributed by atoms with Crippen molar-refractivity contribution in [2.75, 3.05) is 32.1 Å². The Kier molecular flexibility index (Phi) is 18.7. The van der Waals surface area contributed by atoms with Gasteiger partial charge >= 0.3 is 12.2 Å². The van der Waals surface area contributed by atoms with Gasteiger partial charge in [0.15, 0.2) is 0 Å². The van der Waals surface area contributed by atoms with E-state index in [9.17, 15) is 19.2 Å². The molecule has 42 heavy (non-hydrogen) atoms. The second-order valence-corrected chi connectivity index (χ2v) is 14.7. The van der Waals surface area contributed by atoms with Gasteiger partial charge in [-0.1, -0.05) is 35.4 Å². The molecule has 240 valence electrons. The van der Waals surface area contributed by atoms with Crippen LogP contribution < -0.4 is 5.32 Å². The van der Waals surface area contributed by atoms with Crippen LogP contribution in [0.1, 0.15) is 99.3 Å². The molecule has 0 saturated carbocycles. The van der Waals surface area contributed by atoms with Gasteiger partial charge in [0, 0.05) is 42.9 Å². The second kappa shape index (κ2) is 20.7. The van der Waals surface area contributed by atoms with Gasteiger partial charge in [0.2, 0.25) is 0 Å². The van der Waals surface area contributed by atoms with Crippen LogP contribution in [0.5, 0.6) is 0 Å². The molecule has 0 aromatic rings. The summed E-state index contributed by atoms with van der Waals surface area (Å²) in [5.41, 5.74) is -0.323. The summed E-state index contributed by atoms with van der Waals surface area (Å²) in [7, 11) is 3.22. The zero-order chi connectivity index (χ0) is 31.4. The van der Waals surface area contributed by atoms with Gasteiger partial charge < -0.3 is 19.5 Å². The molecule has 2 unspecified atom stereocenters. The van der Waals surface area contributed by atoms with E-state index >= 15 is 0 Å². The molecule has 1 N–H and O–H groups in total. The molecule has 3 amide bonds. The first-order chi connectivity index (χ1) is 19.9. The molecule has 1 aliphatic rings. The molecule has 0 aromatic carbocycles. The molecule has 0 heterocycles. The summed E-state index contributed by atoms with van der Waals surface area (Å²) in [6.45, 7) is 14.0. The lowest BCUT2D eigenvalue weighted by molar-refractivity contribution is -0.175. The van der Waals surface area contributed by atoms with Crippen LogP contribution in [0.2, 0.25) is 0 Å². The maximum Gasteiger partial charge on any atom is 0.533 e. The first-order valence-corrected chi connectivity index (χ1v) is 17.1. The predicted octanol–water partition coefficient (Wildman–Crippen LogP) is 6.52. The topological polar surface area (TPSA) is 120 Å². The average molecular weight is 631 g/mol. The number of alkyl carbamates (subject to hydrolysis) is 1. The number of carbonyl (C=O) groups excluding carboxylic acids is 4. The highest BCUT2D eigenvalue weighted by Gasteiger charge is 2.24. The van der Waals surface area contributed by atoms with Crippen molar-refractivity contribution in [2.24, 2.45) is 11.8 Å². The number of nitrogens with zero attached hydrogens (tertiary/aromatic N) is 1. The van der Waals surface area contributed by atoms with Crippen molar-refractivity contribution in [1.29, 1.82) is 0 Å². The largest absolute Gasteiger partial charge is 0.533 e. The highest BCUT2D eigenvalue weighted by Crippen LogP contribution is 2.38. The maximum atomic E-state index is 12.2. The fourth-order valence-corrected chi connectivity index (χ4v) is 6.43. The van der Waals surface area contributed by atoms with Crippen LogP contribution in [0.15, 0.2) is 0 Å². The third-order valence-corrected chi connectivity index (χ3v) is 10.1. The third-order valence-electron chi connectivity index (χ3n) is 6.79. The number of imide groups is 1. The number of hydrogen-bond acceptors (Lipinski definition) is 10. The Morgan fingerprint density at radius 1 is 1.05 bits per heavy atom. The zero-order valence-electron chi connectivity index (χ0n) is 26.2. The number of carbonyl (C=O) groups is 4. The van der Waals surface area contributed by atoms with Crippen LogP contribution in [0.3, 0.4) is 0 Å². The minimum atomic E-state index is -1.09. The van der Waals surface area contributed by atoms with E-state index in [-0.39, 0.29) is 35.9 Å². The standard InChI is InChI=1S/C30H50N2O8S2/c1-7-13-26(34)32(23-33)40-28(36)37-20-21-41-42-30(5,6)17-19-39-29(3,4)16-12-18-31-27(35)38-22-25-15-11-9-8-10-14-24(25)2/h23-25H,7,10-22H2,1-6H3,(H,31,35). The van der Waals surface area contributed by atoms with Gasteiger partial charge in [-0.15, -0.1) is 16.9 Å². The molecule has 0 aliphatic heterocycles. The second-order valence-electron chi connectivity index (χ2n) is 11.6. The van der Waals surface area contributed by atoms with Crippen molar-refractivity contribution in [2.45, 2.75) is 110 Å². The zero-order valence-corrected chi connectivity index (χ0v) is 27.8. The first kappa shape index (κ1) is 37.9. The Hall–Kier alpha value is -2.10. The summed E-state index contributed by atoms with van der Waals surface area (Å²) < 4.78 is 16.5. The van der Waals surface area contributed by atoms with Crippen molar-refractivity contribution in [3.8, 4) is 11.8 Å². The smallest absolute Gasteiger partial charge is 0.449 e. The lowest BCUT2D eigenvalue weighted by atomic mass is 9.86. The average Bonchev–Trinajstić information content (AvgIpc) is 2.91. The van der Waals surface area contributed by atoms with Gasteiger partial charge in [-0.25, -0.2) is 9.59 Å². The molecule has 0 spiro atoms. The van der Waals surface area contributed by atoms with E-state index < -0.39 is 12.1 Å². The SMILES string of the molecule is CCCC(=O)N(C=O)OC(=O)OCCSSC(C)(C)CCOC(C)(C)CCCNC(=O)OCC1CCC#CCCC1C. The van der Waals surface area contributed by atoms with E-state index in [0.717, 1.165) is 44.9 Å². The number of ether oxygens (including phenoxy) is 3. The number of amides is 3. The summed E-state index contributed by atoms with van der Waals surface area (Å²) in [4.78, 5) is 51.0. The molecule has 0 radical (unpaired) electrons. The Morgan fingerprint density at radius 3 is 2.45 bits per heavy atom. The van der Waals surface area contributed by atoms with Gasteiger partial charge in [0.25, 0.3) is 12.3 Å².